The molecule has 1 amide bonds. The van der Waals surface area contributed by atoms with E-state index in [2.05, 4.69) is 17.1 Å². The Bertz CT molecular complexity index is 492. The number of nitrogens with two attached hydrogens (primary N) is 1. The lowest BCUT2D eigenvalue weighted by Crippen LogP contribution is -2.37. The van der Waals surface area contributed by atoms with Crippen molar-refractivity contribution in [3.05, 3.63) is 24.0 Å². The molecule has 1 saturated heterocycles. The van der Waals surface area contributed by atoms with Crippen LogP contribution in [-0.4, -0.2) is 30.4 Å². The summed E-state index contributed by atoms with van der Waals surface area (Å²) in [6.45, 7) is 5.15. The number of likely N-dealkylation sites (tertiary alicyclic amines) is 1. The van der Waals surface area contributed by atoms with Gasteiger partial charge in [0.15, 0.2) is 0 Å². The first kappa shape index (κ1) is 15.8. The SMILES string of the molecule is CCC1CCCN(CCC(=O)Nc2ccc(F)cc2N)C1. The largest absolute Gasteiger partial charge is 0.397 e. The number of nitrogens with zero attached hydrogens (tertiary/aromatic N) is 1. The molecule has 1 unspecified atom stereocenters. The number of benzene rings is 1. The van der Waals surface area contributed by atoms with E-state index < -0.39 is 5.82 Å². The van der Waals surface area contributed by atoms with Crippen LogP contribution in [0, 0.1) is 11.7 Å². The molecule has 1 heterocycles. The van der Waals surface area contributed by atoms with Gasteiger partial charge >= 0.3 is 0 Å². The quantitative estimate of drug-likeness (QED) is 0.821. The normalized spacial score (nSPS) is 19.4. The Kier molecular flexibility index (Phi) is 5.56. The summed E-state index contributed by atoms with van der Waals surface area (Å²) in [5, 5.41) is 2.74. The van der Waals surface area contributed by atoms with Crippen molar-refractivity contribution in [1.29, 1.82) is 0 Å². The summed E-state index contributed by atoms with van der Waals surface area (Å²) in [5.41, 5.74) is 6.41. The predicted molar refractivity (Wildman–Crippen MR) is 83.5 cm³/mol. The maximum atomic E-state index is 12.9. The van der Waals surface area contributed by atoms with Crippen LogP contribution in [0.15, 0.2) is 18.2 Å². The topological polar surface area (TPSA) is 58.4 Å². The van der Waals surface area contributed by atoms with Crippen LogP contribution in [0.5, 0.6) is 0 Å². The van der Waals surface area contributed by atoms with E-state index in [-0.39, 0.29) is 11.6 Å². The lowest BCUT2D eigenvalue weighted by atomic mass is 9.95. The average molecular weight is 293 g/mol. The van der Waals surface area contributed by atoms with Crippen LogP contribution in [-0.2, 0) is 4.79 Å². The monoisotopic (exact) mass is 293 g/mol. The lowest BCUT2D eigenvalue weighted by molar-refractivity contribution is -0.116. The number of rotatable bonds is 5. The lowest BCUT2D eigenvalue weighted by Gasteiger charge is -2.32. The third kappa shape index (κ3) is 4.70. The van der Waals surface area contributed by atoms with Crippen LogP contribution in [0.2, 0.25) is 0 Å². The third-order valence-electron chi connectivity index (χ3n) is 4.12. The van der Waals surface area contributed by atoms with Crippen LogP contribution in [0.4, 0.5) is 15.8 Å². The summed E-state index contributed by atoms with van der Waals surface area (Å²) < 4.78 is 12.9. The Morgan fingerprint density at radius 2 is 2.33 bits per heavy atom. The number of amides is 1. The van der Waals surface area contributed by atoms with E-state index in [9.17, 15) is 9.18 Å². The van der Waals surface area contributed by atoms with Crippen molar-refractivity contribution >= 4 is 17.3 Å². The summed E-state index contributed by atoms with van der Waals surface area (Å²) in [4.78, 5) is 14.3. The number of nitrogens with one attached hydrogen (secondary N) is 1. The van der Waals surface area contributed by atoms with Crippen LogP contribution < -0.4 is 11.1 Å². The fourth-order valence-corrected chi connectivity index (χ4v) is 2.81. The summed E-state index contributed by atoms with van der Waals surface area (Å²) in [5.74, 6) is 0.283. The Hall–Kier alpha value is -1.62. The van der Waals surface area contributed by atoms with Gasteiger partial charge in [0.05, 0.1) is 11.4 Å². The maximum absolute atomic E-state index is 12.9. The van der Waals surface area contributed by atoms with E-state index in [1.807, 2.05) is 0 Å². The van der Waals surface area contributed by atoms with Gasteiger partial charge in [0.1, 0.15) is 5.82 Å². The highest BCUT2D eigenvalue weighted by molar-refractivity contribution is 5.93. The molecule has 116 valence electrons. The molecule has 5 heteroatoms. The van der Waals surface area contributed by atoms with Gasteiger partial charge in [-0.25, -0.2) is 4.39 Å². The average Bonchev–Trinajstić information content (AvgIpc) is 2.48. The molecule has 1 atom stereocenters. The first-order valence-electron chi connectivity index (χ1n) is 7.65. The molecule has 0 aliphatic carbocycles. The van der Waals surface area contributed by atoms with Crippen molar-refractivity contribution in [2.24, 2.45) is 5.92 Å². The molecule has 0 spiro atoms. The molecule has 1 aliphatic heterocycles. The molecular weight excluding hydrogens is 269 g/mol. The van der Waals surface area contributed by atoms with Gasteiger partial charge in [-0.15, -0.1) is 0 Å². The van der Waals surface area contributed by atoms with Gasteiger partial charge in [-0.1, -0.05) is 13.3 Å². The first-order valence-corrected chi connectivity index (χ1v) is 7.65. The highest BCUT2D eigenvalue weighted by Crippen LogP contribution is 2.21. The van der Waals surface area contributed by atoms with Crippen LogP contribution in [0.3, 0.4) is 0 Å². The van der Waals surface area contributed by atoms with Crippen molar-refractivity contribution < 1.29 is 9.18 Å². The minimum absolute atomic E-state index is 0.0769. The molecule has 0 bridgehead atoms. The van der Waals surface area contributed by atoms with E-state index in [0.717, 1.165) is 25.6 Å². The fourth-order valence-electron chi connectivity index (χ4n) is 2.81. The number of nitrogen functional groups attached to an aromatic ring is 1. The zero-order valence-corrected chi connectivity index (χ0v) is 12.6. The van der Waals surface area contributed by atoms with E-state index in [1.54, 1.807) is 0 Å². The zero-order chi connectivity index (χ0) is 15.2. The van der Waals surface area contributed by atoms with Crippen molar-refractivity contribution in [2.75, 3.05) is 30.7 Å². The van der Waals surface area contributed by atoms with E-state index in [0.29, 0.717) is 12.1 Å². The number of hydrogen-bond donors (Lipinski definition) is 2. The second-order valence-electron chi connectivity index (χ2n) is 5.75. The summed E-state index contributed by atoms with van der Waals surface area (Å²) in [6.07, 6.45) is 4.15. The summed E-state index contributed by atoms with van der Waals surface area (Å²) in [7, 11) is 0. The Balaban J connectivity index is 1.79. The molecule has 1 aromatic carbocycles. The zero-order valence-electron chi connectivity index (χ0n) is 12.6. The Labute approximate surface area is 125 Å². The van der Waals surface area contributed by atoms with E-state index >= 15 is 0 Å². The third-order valence-corrected chi connectivity index (χ3v) is 4.12. The second-order valence-corrected chi connectivity index (χ2v) is 5.75. The molecule has 4 nitrogen and oxygen atoms in total. The Morgan fingerprint density at radius 1 is 1.52 bits per heavy atom. The van der Waals surface area contributed by atoms with Crippen molar-refractivity contribution in [3.8, 4) is 0 Å². The van der Waals surface area contributed by atoms with Crippen LogP contribution in [0.1, 0.15) is 32.6 Å². The van der Waals surface area contributed by atoms with Gasteiger partial charge in [-0.3, -0.25) is 4.79 Å². The summed E-state index contributed by atoms with van der Waals surface area (Å²) in [6, 6.07) is 4.01. The van der Waals surface area contributed by atoms with Gasteiger partial charge in [0.2, 0.25) is 5.91 Å². The van der Waals surface area contributed by atoms with Gasteiger partial charge in [-0.2, -0.15) is 0 Å². The van der Waals surface area contributed by atoms with Gasteiger partial charge in [0, 0.05) is 19.5 Å². The predicted octanol–water partition coefficient (Wildman–Crippen LogP) is 2.86. The van der Waals surface area contributed by atoms with Gasteiger partial charge in [0.25, 0.3) is 0 Å². The molecule has 0 aromatic heterocycles. The van der Waals surface area contributed by atoms with Crippen molar-refractivity contribution in [2.45, 2.75) is 32.6 Å². The minimum Gasteiger partial charge on any atom is -0.397 e. The van der Waals surface area contributed by atoms with Crippen LogP contribution in [0.25, 0.3) is 0 Å². The van der Waals surface area contributed by atoms with E-state index in [1.165, 1.54) is 37.5 Å². The molecule has 0 saturated carbocycles. The van der Waals surface area contributed by atoms with Crippen molar-refractivity contribution in [1.82, 2.24) is 4.90 Å². The molecule has 1 aliphatic rings. The molecule has 0 radical (unpaired) electrons. The number of carbonyl (C=O) groups excluding carboxylic acids is 1. The van der Waals surface area contributed by atoms with Gasteiger partial charge in [-0.05, 0) is 43.5 Å². The summed E-state index contributed by atoms with van der Waals surface area (Å²) >= 11 is 0. The van der Waals surface area contributed by atoms with Crippen LogP contribution >= 0.6 is 0 Å². The van der Waals surface area contributed by atoms with E-state index in [4.69, 9.17) is 5.73 Å². The molecule has 21 heavy (non-hydrogen) atoms. The maximum Gasteiger partial charge on any atom is 0.225 e. The number of anilines is 2. The number of hydrogen-bond acceptors (Lipinski definition) is 3. The number of piperidine rings is 1. The minimum atomic E-state index is -0.399. The number of halogens is 1. The number of carbonyl (C=O) groups is 1. The molecular formula is C16H24FN3O. The molecule has 2 rings (SSSR count). The molecule has 1 aromatic rings. The van der Waals surface area contributed by atoms with Gasteiger partial charge < -0.3 is 16.0 Å². The first-order chi connectivity index (χ1) is 10.1. The fraction of sp³-hybridized carbons (Fsp3) is 0.562. The highest BCUT2D eigenvalue weighted by atomic mass is 19.1. The highest BCUT2D eigenvalue weighted by Gasteiger charge is 2.18. The Morgan fingerprint density at radius 3 is 3.05 bits per heavy atom. The standard InChI is InChI=1S/C16H24FN3O/c1-2-12-4-3-8-20(11-12)9-7-16(21)19-15-6-5-13(17)10-14(15)18/h5-6,10,12H,2-4,7-9,11,18H2,1H3,(H,19,21). The molecule has 1 fully saturated rings. The smallest absolute Gasteiger partial charge is 0.225 e. The van der Waals surface area contributed by atoms with Crippen molar-refractivity contribution in [3.63, 3.8) is 0 Å². The molecule has 3 N–H and O–H groups in total. The second kappa shape index (κ2) is 7.41.